The first-order chi connectivity index (χ1) is 10.1. The second-order valence-corrected chi connectivity index (χ2v) is 7.37. The number of benzene rings is 1. The molecule has 0 radical (unpaired) electrons. The van der Waals surface area contributed by atoms with E-state index in [9.17, 15) is 5.11 Å². The van der Waals surface area contributed by atoms with Crippen molar-refractivity contribution in [2.75, 3.05) is 0 Å². The summed E-state index contributed by atoms with van der Waals surface area (Å²) < 4.78 is 0. The summed E-state index contributed by atoms with van der Waals surface area (Å²) in [5, 5.41) is 13.8. The summed E-state index contributed by atoms with van der Waals surface area (Å²) in [6.07, 6.45) is 7.12. The van der Waals surface area contributed by atoms with Crippen LogP contribution in [0.25, 0.3) is 0 Å². The normalized spacial score (nSPS) is 39.7. The summed E-state index contributed by atoms with van der Waals surface area (Å²) in [5.74, 6) is 8.23. The van der Waals surface area contributed by atoms with E-state index < -0.39 is 0 Å². The lowest BCUT2D eigenvalue weighted by Crippen LogP contribution is -2.42. The topological polar surface area (TPSA) is 58.6 Å². The van der Waals surface area contributed by atoms with Crippen molar-refractivity contribution < 1.29 is 5.11 Å². The largest absolute Gasteiger partial charge is 0.508 e. The first kappa shape index (κ1) is 13.2. The van der Waals surface area contributed by atoms with Gasteiger partial charge in [0.2, 0.25) is 0 Å². The van der Waals surface area contributed by atoms with Crippen LogP contribution in [0.5, 0.6) is 5.75 Å². The summed E-state index contributed by atoms with van der Waals surface area (Å²) >= 11 is 0. The van der Waals surface area contributed by atoms with E-state index in [-0.39, 0.29) is 5.41 Å². The zero-order chi connectivity index (χ0) is 14.6. The smallest absolute Gasteiger partial charge is 0.115 e. The molecule has 3 nitrogen and oxygen atoms in total. The number of phenolic OH excluding ortho intramolecular Hbond substituents is 1. The Morgan fingerprint density at radius 1 is 1.24 bits per heavy atom. The minimum absolute atomic E-state index is 0.240. The maximum absolute atomic E-state index is 9.71. The van der Waals surface area contributed by atoms with Crippen molar-refractivity contribution in [1.82, 2.24) is 0 Å². The Balaban J connectivity index is 1.72. The van der Waals surface area contributed by atoms with E-state index in [1.165, 1.54) is 42.5 Å². The van der Waals surface area contributed by atoms with Crippen molar-refractivity contribution in [2.24, 2.45) is 28.2 Å². The fourth-order valence-electron chi connectivity index (χ4n) is 5.57. The molecular formula is C18H24N2O. The van der Waals surface area contributed by atoms with Crippen LogP contribution in [-0.2, 0) is 6.42 Å². The number of hydrogen-bond donors (Lipinski definition) is 2. The predicted octanol–water partition coefficient (Wildman–Crippen LogP) is 3.56. The Labute approximate surface area is 126 Å². The maximum Gasteiger partial charge on any atom is 0.115 e. The van der Waals surface area contributed by atoms with Gasteiger partial charge in [0.25, 0.3) is 0 Å². The lowest BCUT2D eigenvalue weighted by atomic mass is 9.55. The summed E-state index contributed by atoms with van der Waals surface area (Å²) in [5.41, 5.74) is 4.35. The molecule has 4 rings (SSSR count). The van der Waals surface area contributed by atoms with E-state index >= 15 is 0 Å². The average Bonchev–Trinajstić information content (AvgIpc) is 2.83. The summed E-state index contributed by atoms with van der Waals surface area (Å²) in [4.78, 5) is 0. The summed E-state index contributed by atoms with van der Waals surface area (Å²) in [6, 6.07) is 5.99. The molecule has 1 aromatic carbocycles. The molecule has 21 heavy (non-hydrogen) atoms. The highest BCUT2D eigenvalue weighted by molar-refractivity contribution is 5.92. The third kappa shape index (κ3) is 1.76. The van der Waals surface area contributed by atoms with Crippen LogP contribution in [-0.4, -0.2) is 10.8 Å². The Kier molecular flexibility index (Phi) is 2.82. The summed E-state index contributed by atoms with van der Waals surface area (Å²) in [6.45, 7) is 2.39. The predicted molar refractivity (Wildman–Crippen MR) is 84.3 cm³/mol. The second-order valence-electron chi connectivity index (χ2n) is 7.37. The van der Waals surface area contributed by atoms with E-state index in [2.05, 4.69) is 18.1 Å². The molecule has 112 valence electrons. The molecule has 1 aromatic rings. The summed E-state index contributed by atoms with van der Waals surface area (Å²) in [7, 11) is 0. The quantitative estimate of drug-likeness (QED) is 0.565. The van der Waals surface area contributed by atoms with Crippen LogP contribution in [0.2, 0.25) is 0 Å². The fraction of sp³-hybridized carbons (Fsp3) is 0.611. The fourth-order valence-corrected chi connectivity index (χ4v) is 5.57. The molecule has 0 aromatic heterocycles. The van der Waals surface area contributed by atoms with Gasteiger partial charge < -0.3 is 10.9 Å². The molecule has 0 saturated heterocycles. The molecule has 0 spiro atoms. The third-order valence-electron chi connectivity index (χ3n) is 6.61. The van der Waals surface area contributed by atoms with Crippen molar-refractivity contribution in [3.8, 4) is 5.75 Å². The SMILES string of the molecule is C[C@]12CC[C@H]3c4ccc(O)cc4CC[C@H]3[C@H]1CC/C2=N\N. The van der Waals surface area contributed by atoms with Crippen LogP contribution in [0, 0.1) is 17.3 Å². The zero-order valence-corrected chi connectivity index (χ0v) is 12.7. The Morgan fingerprint density at radius 3 is 2.90 bits per heavy atom. The monoisotopic (exact) mass is 284 g/mol. The van der Waals surface area contributed by atoms with Gasteiger partial charge in [-0.15, -0.1) is 0 Å². The van der Waals surface area contributed by atoms with Gasteiger partial charge in [-0.25, -0.2) is 0 Å². The van der Waals surface area contributed by atoms with Crippen molar-refractivity contribution in [3.63, 3.8) is 0 Å². The van der Waals surface area contributed by atoms with E-state index in [0.29, 0.717) is 11.7 Å². The van der Waals surface area contributed by atoms with Crippen LogP contribution in [0.1, 0.15) is 56.1 Å². The first-order valence-corrected chi connectivity index (χ1v) is 8.22. The van der Waals surface area contributed by atoms with Crippen molar-refractivity contribution >= 4 is 5.71 Å². The number of hydrogen-bond acceptors (Lipinski definition) is 3. The van der Waals surface area contributed by atoms with Crippen LogP contribution in [0.4, 0.5) is 0 Å². The maximum atomic E-state index is 9.71. The van der Waals surface area contributed by atoms with E-state index in [0.717, 1.165) is 24.7 Å². The number of nitrogens with two attached hydrogens (primary N) is 1. The number of rotatable bonds is 0. The van der Waals surface area contributed by atoms with E-state index in [1.807, 2.05) is 12.1 Å². The molecule has 4 atom stereocenters. The van der Waals surface area contributed by atoms with Gasteiger partial charge >= 0.3 is 0 Å². The number of aromatic hydroxyl groups is 1. The Hall–Kier alpha value is -1.51. The minimum atomic E-state index is 0.240. The molecule has 0 unspecified atom stereocenters. The van der Waals surface area contributed by atoms with Gasteiger partial charge in [-0.2, -0.15) is 5.10 Å². The van der Waals surface area contributed by atoms with Gasteiger partial charge in [0.05, 0.1) is 0 Å². The molecule has 0 aliphatic heterocycles. The highest BCUT2D eigenvalue weighted by Gasteiger charge is 2.53. The van der Waals surface area contributed by atoms with Crippen molar-refractivity contribution in [2.45, 2.75) is 51.4 Å². The van der Waals surface area contributed by atoms with Crippen LogP contribution in [0.3, 0.4) is 0 Å². The van der Waals surface area contributed by atoms with Gasteiger partial charge in [0.1, 0.15) is 5.75 Å². The minimum Gasteiger partial charge on any atom is -0.508 e. The second kappa shape index (κ2) is 4.49. The molecule has 2 saturated carbocycles. The van der Waals surface area contributed by atoms with Gasteiger partial charge in [0, 0.05) is 11.1 Å². The highest BCUT2D eigenvalue weighted by atomic mass is 16.3. The highest BCUT2D eigenvalue weighted by Crippen LogP contribution is 2.59. The standard InChI is InChI=1S/C18H24N2O/c1-18-9-8-14-13-5-3-12(21)10-11(13)2-4-15(14)16(18)6-7-17(18)20-19/h3,5,10,14-16,21H,2,4,6-9,19H2,1H3/b20-17+/t14-,15+,16+,18-/m0/s1. The molecular weight excluding hydrogens is 260 g/mol. The molecule has 0 bridgehead atoms. The van der Waals surface area contributed by atoms with Gasteiger partial charge in [0.15, 0.2) is 0 Å². The average molecular weight is 284 g/mol. The number of aryl methyl sites for hydroxylation is 1. The van der Waals surface area contributed by atoms with Gasteiger partial charge in [-0.1, -0.05) is 13.0 Å². The van der Waals surface area contributed by atoms with Gasteiger partial charge in [-0.3, -0.25) is 0 Å². The Bertz CT molecular complexity index is 609. The molecule has 3 heteroatoms. The van der Waals surface area contributed by atoms with Crippen LogP contribution < -0.4 is 5.84 Å². The van der Waals surface area contributed by atoms with Crippen LogP contribution in [0.15, 0.2) is 23.3 Å². The van der Waals surface area contributed by atoms with Crippen molar-refractivity contribution in [3.05, 3.63) is 29.3 Å². The van der Waals surface area contributed by atoms with E-state index in [1.54, 1.807) is 0 Å². The molecule has 0 amide bonds. The molecule has 3 N–H and O–H groups in total. The third-order valence-corrected chi connectivity index (χ3v) is 6.61. The van der Waals surface area contributed by atoms with Gasteiger partial charge in [-0.05, 0) is 79.5 Å². The number of fused-ring (bicyclic) bond motifs is 5. The zero-order valence-electron chi connectivity index (χ0n) is 12.7. The number of hydrazone groups is 1. The molecule has 2 fully saturated rings. The van der Waals surface area contributed by atoms with Crippen LogP contribution >= 0.6 is 0 Å². The molecule has 3 aliphatic rings. The lowest BCUT2D eigenvalue weighted by Gasteiger charge is -2.49. The van der Waals surface area contributed by atoms with Crippen molar-refractivity contribution in [1.29, 1.82) is 0 Å². The van der Waals surface area contributed by atoms with E-state index in [4.69, 9.17) is 5.84 Å². The number of phenols is 1. The first-order valence-electron chi connectivity index (χ1n) is 8.22. The Morgan fingerprint density at radius 2 is 2.10 bits per heavy atom. The number of nitrogens with zero attached hydrogens (tertiary/aromatic N) is 1. The lowest BCUT2D eigenvalue weighted by molar-refractivity contribution is 0.0955. The molecule has 3 aliphatic carbocycles. The molecule has 0 heterocycles.